The van der Waals surface area contributed by atoms with E-state index in [4.69, 9.17) is 5.73 Å². The summed E-state index contributed by atoms with van der Waals surface area (Å²) in [5.74, 6) is 0.686. The Morgan fingerprint density at radius 1 is 1.54 bits per heavy atom. The molecule has 1 aliphatic rings. The summed E-state index contributed by atoms with van der Waals surface area (Å²) < 4.78 is 0. The maximum absolute atomic E-state index is 5.67. The van der Waals surface area contributed by atoms with E-state index < -0.39 is 0 Å². The second-order valence-corrected chi connectivity index (χ2v) is 3.67. The fourth-order valence-electron chi connectivity index (χ4n) is 1.85. The number of hydrogen-bond acceptors (Lipinski definition) is 3. The topological polar surface area (TPSA) is 66.7 Å². The minimum absolute atomic E-state index is 0.686. The first-order chi connectivity index (χ1) is 6.36. The molecule has 0 bridgehead atoms. The van der Waals surface area contributed by atoms with Gasteiger partial charge in [0.1, 0.15) is 5.82 Å². The molecule has 1 fully saturated rings. The van der Waals surface area contributed by atoms with Gasteiger partial charge >= 0.3 is 0 Å². The molecule has 0 aromatic carbocycles. The summed E-state index contributed by atoms with van der Waals surface area (Å²) in [4.78, 5) is 0. The van der Waals surface area contributed by atoms with Crippen molar-refractivity contribution < 1.29 is 0 Å². The molecule has 4 heteroatoms. The van der Waals surface area contributed by atoms with Gasteiger partial charge in [0.15, 0.2) is 0 Å². The van der Waals surface area contributed by atoms with Crippen molar-refractivity contribution in [2.75, 3.05) is 5.73 Å². The van der Waals surface area contributed by atoms with E-state index in [1.807, 2.05) is 0 Å². The van der Waals surface area contributed by atoms with Crippen LogP contribution in [0.3, 0.4) is 0 Å². The van der Waals surface area contributed by atoms with Crippen molar-refractivity contribution in [1.29, 1.82) is 0 Å². The predicted molar refractivity (Wildman–Crippen MR) is 52.1 cm³/mol. The van der Waals surface area contributed by atoms with Crippen molar-refractivity contribution in [3.63, 3.8) is 0 Å². The van der Waals surface area contributed by atoms with Gasteiger partial charge in [0.2, 0.25) is 0 Å². The van der Waals surface area contributed by atoms with Crippen molar-refractivity contribution in [3.05, 3.63) is 11.8 Å². The molecular weight excluding hydrogens is 164 g/mol. The lowest BCUT2D eigenvalue weighted by Gasteiger charge is -2.10. The molecule has 13 heavy (non-hydrogen) atoms. The van der Waals surface area contributed by atoms with Gasteiger partial charge in [0, 0.05) is 18.2 Å². The minimum Gasteiger partial charge on any atom is -0.384 e. The molecule has 4 nitrogen and oxygen atoms in total. The van der Waals surface area contributed by atoms with E-state index in [1.54, 1.807) is 6.20 Å². The van der Waals surface area contributed by atoms with E-state index in [-0.39, 0.29) is 0 Å². The second kappa shape index (κ2) is 3.79. The molecule has 1 aromatic heterocycles. The molecule has 1 aromatic rings. The smallest absolute Gasteiger partial charge is 0.123 e. The van der Waals surface area contributed by atoms with Gasteiger partial charge in [-0.05, 0) is 12.8 Å². The summed E-state index contributed by atoms with van der Waals surface area (Å²) >= 11 is 0. The Balaban J connectivity index is 1.82. The second-order valence-electron chi connectivity index (χ2n) is 3.67. The summed E-state index contributed by atoms with van der Waals surface area (Å²) in [5, 5.41) is 10.1. The van der Waals surface area contributed by atoms with E-state index in [9.17, 15) is 0 Å². The van der Waals surface area contributed by atoms with Crippen LogP contribution in [-0.4, -0.2) is 16.2 Å². The maximum Gasteiger partial charge on any atom is 0.123 e. The number of aromatic nitrogens is 2. The highest BCUT2D eigenvalue weighted by Gasteiger charge is 2.14. The lowest BCUT2D eigenvalue weighted by atomic mass is 10.2. The number of rotatable bonds is 3. The number of nitrogens with two attached hydrogens (primary N) is 1. The van der Waals surface area contributed by atoms with Gasteiger partial charge < -0.3 is 11.1 Å². The van der Waals surface area contributed by atoms with Crippen LogP contribution < -0.4 is 11.1 Å². The molecule has 2 rings (SSSR count). The van der Waals surface area contributed by atoms with Gasteiger partial charge in [0.25, 0.3) is 0 Å². The van der Waals surface area contributed by atoms with E-state index in [1.165, 1.54) is 25.7 Å². The fraction of sp³-hybridized carbons (Fsp3) is 0.667. The van der Waals surface area contributed by atoms with Crippen LogP contribution >= 0.6 is 0 Å². The van der Waals surface area contributed by atoms with Crippen LogP contribution in [0.1, 0.15) is 31.2 Å². The lowest BCUT2D eigenvalue weighted by Crippen LogP contribution is -2.25. The molecule has 0 spiro atoms. The highest BCUT2D eigenvalue weighted by molar-refractivity contribution is 5.36. The number of nitrogen functional groups attached to an aromatic ring is 1. The third-order valence-electron chi connectivity index (χ3n) is 2.69. The molecule has 0 atom stereocenters. The Morgan fingerprint density at radius 3 is 2.92 bits per heavy atom. The van der Waals surface area contributed by atoms with Crippen LogP contribution in [0.15, 0.2) is 6.20 Å². The van der Waals surface area contributed by atoms with Crippen molar-refractivity contribution in [1.82, 2.24) is 15.5 Å². The first kappa shape index (κ1) is 8.56. The first-order valence-corrected chi connectivity index (χ1v) is 4.87. The van der Waals surface area contributed by atoms with Crippen molar-refractivity contribution in [2.45, 2.75) is 38.3 Å². The molecule has 4 N–H and O–H groups in total. The monoisotopic (exact) mass is 180 g/mol. The van der Waals surface area contributed by atoms with Crippen LogP contribution in [0.4, 0.5) is 5.82 Å². The Kier molecular flexibility index (Phi) is 2.49. The van der Waals surface area contributed by atoms with E-state index >= 15 is 0 Å². The van der Waals surface area contributed by atoms with Gasteiger partial charge in [-0.1, -0.05) is 12.8 Å². The third-order valence-corrected chi connectivity index (χ3v) is 2.69. The molecule has 1 heterocycles. The van der Waals surface area contributed by atoms with E-state index in [2.05, 4.69) is 15.5 Å². The molecule has 0 saturated heterocycles. The molecule has 0 aliphatic heterocycles. The van der Waals surface area contributed by atoms with Crippen LogP contribution in [0.25, 0.3) is 0 Å². The Labute approximate surface area is 77.9 Å². The average Bonchev–Trinajstić information content (AvgIpc) is 2.72. The van der Waals surface area contributed by atoms with Gasteiger partial charge in [-0.15, -0.1) is 0 Å². The average molecular weight is 180 g/mol. The SMILES string of the molecule is Nc1[nH]ncc1CNC1CCCC1. The normalized spacial score (nSPS) is 18.2. The number of hydrogen-bond donors (Lipinski definition) is 3. The quantitative estimate of drug-likeness (QED) is 0.650. The predicted octanol–water partition coefficient (Wildman–Crippen LogP) is 1.02. The Bertz CT molecular complexity index is 262. The van der Waals surface area contributed by atoms with Gasteiger partial charge in [0.05, 0.1) is 6.20 Å². The highest BCUT2D eigenvalue weighted by atomic mass is 15.1. The lowest BCUT2D eigenvalue weighted by molar-refractivity contribution is 0.525. The first-order valence-electron chi connectivity index (χ1n) is 4.87. The van der Waals surface area contributed by atoms with Crippen molar-refractivity contribution in [3.8, 4) is 0 Å². The Morgan fingerprint density at radius 2 is 2.31 bits per heavy atom. The molecular formula is C9H16N4. The standard InChI is InChI=1S/C9H16N4/c10-9-7(6-12-13-9)5-11-8-3-1-2-4-8/h6,8,11H,1-5H2,(H3,10,12,13). The minimum atomic E-state index is 0.686. The third kappa shape index (κ3) is 2.01. The summed E-state index contributed by atoms with van der Waals surface area (Å²) in [5.41, 5.74) is 6.74. The molecule has 72 valence electrons. The molecule has 1 aliphatic carbocycles. The summed E-state index contributed by atoms with van der Waals surface area (Å²) in [6, 6.07) is 0.689. The highest BCUT2D eigenvalue weighted by Crippen LogP contribution is 2.18. The number of nitrogens with zero attached hydrogens (tertiary/aromatic N) is 1. The van der Waals surface area contributed by atoms with E-state index in [0.29, 0.717) is 11.9 Å². The van der Waals surface area contributed by atoms with Crippen LogP contribution in [0.2, 0.25) is 0 Å². The molecule has 0 unspecified atom stereocenters. The van der Waals surface area contributed by atoms with Crippen LogP contribution in [-0.2, 0) is 6.54 Å². The number of aromatic amines is 1. The van der Waals surface area contributed by atoms with Crippen LogP contribution in [0.5, 0.6) is 0 Å². The maximum atomic E-state index is 5.67. The van der Waals surface area contributed by atoms with Crippen molar-refractivity contribution in [2.24, 2.45) is 0 Å². The molecule has 0 amide bonds. The molecule has 0 radical (unpaired) electrons. The zero-order chi connectivity index (χ0) is 9.10. The summed E-state index contributed by atoms with van der Waals surface area (Å²) in [6.45, 7) is 0.840. The van der Waals surface area contributed by atoms with Gasteiger partial charge in [-0.25, -0.2) is 0 Å². The van der Waals surface area contributed by atoms with Crippen LogP contribution in [0, 0.1) is 0 Å². The van der Waals surface area contributed by atoms with Crippen molar-refractivity contribution >= 4 is 5.82 Å². The number of anilines is 1. The van der Waals surface area contributed by atoms with Gasteiger partial charge in [-0.2, -0.15) is 5.10 Å². The largest absolute Gasteiger partial charge is 0.384 e. The van der Waals surface area contributed by atoms with Gasteiger partial charge in [-0.3, -0.25) is 5.10 Å². The van der Waals surface area contributed by atoms with E-state index in [0.717, 1.165) is 12.1 Å². The fourth-order valence-corrected chi connectivity index (χ4v) is 1.85. The zero-order valence-corrected chi connectivity index (χ0v) is 7.71. The Hall–Kier alpha value is -1.03. The summed E-state index contributed by atoms with van der Waals surface area (Å²) in [6.07, 6.45) is 7.11. The molecule has 1 saturated carbocycles. The number of nitrogens with one attached hydrogen (secondary N) is 2. The number of H-pyrrole nitrogens is 1. The summed E-state index contributed by atoms with van der Waals surface area (Å²) in [7, 11) is 0. The zero-order valence-electron chi connectivity index (χ0n) is 7.71.